The number of nitrogens with zero attached hydrogens (tertiary/aromatic N) is 1. The van der Waals surface area contributed by atoms with Gasteiger partial charge in [-0.05, 0) is 36.4 Å². The van der Waals surface area contributed by atoms with Crippen molar-refractivity contribution >= 4 is 23.5 Å². The summed E-state index contributed by atoms with van der Waals surface area (Å²) in [6, 6.07) is 13.8. The van der Waals surface area contributed by atoms with Crippen LogP contribution in [0.1, 0.15) is 0 Å². The van der Waals surface area contributed by atoms with Crippen LogP contribution in [0.15, 0.2) is 59.7 Å². The van der Waals surface area contributed by atoms with E-state index >= 15 is 0 Å². The van der Waals surface area contributed by atoms with Crippen molar-refractivity contribution in [2.75, 3.05) is 10.7 Å². The SMILES string of the molecule is O=C(/C=N/Nc1ccccc1)Nc1ccc(OC(F)(F)F)cc1. The number of para-hydroxylation sites is 1. The van der Waals surface area contributed by atoms with Crippen molar-refractivity contribution in [2.24, 2.45) is 5.10 Å². The summed E-state index contributed by atoms with van der Waals surface area (Å²) in [4.78, 5) is 11.6. The Kier molecular flexibility index (Phi) is 5.19. The van der Waals surface area contributed by atoms with Gasteiger partial charge in [-0.3, -0.25) is 10.2 Å². The number of anilines is 2. The minimum absolute atomic E-state index is 0.315. The average Bonchev–Trinajstić information content (AvgIpc) is 2.49. The third-order valence-corrected chi connectivity index (χ3v) is 2.50. The maximum absolute atomic E-state index is 12.0. The molecule has 120 valence electrons. The molecule has 0 aromatic heterocycles. The Morgan fingerprint density at radius 2 is 1.65 bits per heavy atom. The lowest BCUT2D eigenvalue weighted by molar-refractivity contribution is -0.274. The lowest BCUT2D eigenvalue weighted by atomic mass is 10.3. The molecule has 0 unspecified atom stereocenters. The van der Waals surface area contributed by atoms with Crippen LogP contribution in [-0.2, 0) is 4.79 Å². The number of halogens is 3. The summed E-state index contributed by atoms with van der Waals surface area (Å²) < 4.78 is 39.8. The van der Waals surface area contributed by atoms with Crippen molar-refractivity contribution in [1.82, 2.24) is 0 Å². The van der Waals surface area contributed by atoms with Crippen LogP contribution >= 0.6 is 0 Å². The third kappa shape index (κ3) is 6.08. The molecule has 2 N–H and O–H groups in total. The van der Waals surface area contributed by atoms with Crippen LogP contribution in [0.4, 0.5) is 24.5 Å². The first-order valence-electron chi connectivity index (χ1n) is 6.43. The van der Waals surface area contributed by atoms with E-state index in [1.54, 1.807) is 12.1 Å². The smallest absolute Gasteiger partial charge is 0.406 e. The van der Waals surface area contributed by atoms with Crippen LogP contribution in [-0.4, -0.2) is 18.5 Å². The van der Waals surface area contributed by atoms with E-state index in [0.717, 1.165) is 18.3 Å². The highest BCUT2D eigenvalue weighted by Crippen LogP contribution is 2.23. The van der Waals surface area contributed by atoms with E-state index in [2.05, 4.69) is 20.6 Å². The average molecular weight is 323 g/mol. The maximum atomic E-state index is 12.0. The van der Waals surface area contributed by atoms with Gasteiger partial charge in [0, 0.05) is 5.69 Å². The van der Waals surface area contributed by atoms with Crippen molar-refractivity contribution in [2.45, 2.75) is 6.36 Å². The van der Waals surface area contributed by atoms with E-state index in [-0.39, 0.29) is 5.75 Å². The lowest BCUT2D eigenvalue weighted by Gasteiger charge is -2.09. The minimum Gasteiger partial charge on any atom is -0.406 e. The van der Waals surface area contributed by atoms with Gasteiger partial charge in [-0.1, -0.05) is 18.2 Å². The molecule has 0 radical (unpaired) electrons. The van der Waals surface area contributed by atoms with Gasteiger partial charge >= 0.3 is 6.36 Å². The fraction of sp³-hybridized carbons (Fsp3) is 0.0667. The first-order chi connectivity index (χ1) is 10.9. The molecule has 5 nitrogen and oxygen atoms in total. The van der Waals surface area contributed by atoms with Crippen molar-refractivity contribution in [3.8, 4) is 5.75 Å². The van der Waals surface area contributed by atoms with Crippen LogP contribution in [0, 0.1) is 0 Å². The number of carbonyl (C=O) groups is 1. The highest BCUT2D eigenvalue weighted by molar-refractivity contribution is 6.31. The zero-order chi connectivity index (χ0) is 16.7. The Morgan fingerprint density at radius 1 is 1.00 bits per heavy atom. The molecule has 0 aliphatic rings. The van der Waals surface area contributed by atoms with Gasteiger partial charge in [-0.15, -0.1) is 13.2 Å². The summed E-state index contributed by atoms with van der Waals surface area (Å²) in [5.74, 6) is -0.896. The molecule has 2 aromatic rings. The Balaban J connectivity index is 1.85. The highest BCUT2D eigenvalue weighted by atomic mass is 19.4. The summed E-state index contributed by atoms with van der Waals surface area (Å²) in [6.45, 7) is 0. The summed E-state index contributed by atoms with van der Waals surface area (Å²) >= 11 is 0. The van der Waals surface area contributed by atoms with Crippen molar-refractivity contribution in [1.29, 1.82) is 0 Å². The predicted molar refractivity (Wildman–Crippen MR) is 80.3 cm³/mol. The number of alkyl halides is 3. The van der Waals surface area contributed by atoms with Gasteiger partial charge in [-0.2, -0.15) is 5.10 Å². The Bertz CT molecular complexity index is 671. The number of hydrogen-bond donors (Lipinski definition) is 2. The number of carbonyl (C=O) groups excluding carboxylic acids is 1. The predicted octanol–water partition coefficient (Wildman–Crippen LogP) is 3.62. The highest BCUT2D eigenvalue weighted by Gasteiger charge is 2.30. The summed E-state index contributed by atoms with van der Waals surface area (Å²) in [5.41, 5.74) is 3.69. The van der Waals surface area contributed by atoms with Gasteiger partial charge in [-0.25, -0.2) is 0 Å². The monoisotopic (exact) mass is 323 g/mol. The number of benzene rings is 2. The van der Waals surface area contributed by atoms with E-state index in [4.69, 9.17) is 0 Å². The largest absolute Gasteiger partial charge is 0.573 e. The Labute approximate surface area is 129 Å². The number of ether oxygens (including phenoxy) is 1. The van der Waals surface area contributed by atoms with E-state index in [1.807, 2.05) is 18.2 Å². The molecule has 2 aromatic carbocycles. The fourth-order valence-corrected chi connectivity index (χ4v) is 1.59. The molecule has 0 spiro atoms. The first kappa shape index (κ1) is 16.3. The molecule has 0 bridgehead atoms. The topological polar surface area (TPSA) is 62.7 Å². The Morgan fingerprint density at radius 3 is 2.26 bits per heavy atom. The van der Waals surface area contributed by atoms with Crippen LogP contribution in [0.5, 0.6) is 5.75 Å². The van der Waals surface area contributed by atoms with Crippen LogP contribution < -0.4 is 15.5 Å². The molecule has 0 saturated heterocycles. The van der Waals surface area contributed by atoms with Crippen molar-refractivity contribution in [3.63, 3.8) is 0 Å². The third-order valence-electron chi connectivity index (χ3n) is 2.50. The van der Waals surface area contributed by atoms with E-state index in [1.165, 1.54) is 12.1 Å². The second kappa shape index (κ2) is 7.30. The van der Waals surface area contributed by atoms with Crippen molar-refractivity contribution < 1.29 is 22.7 Å². The molecule has 0 aliphatic heterocycles. The summed E-state index contributed by atoms with van der Waals surface area (Å²) in [5, 5.41) is 6.20. The molecule has 8 heteroatoms. The molecule has 0 atom stereocenters. The Hall–Kier alpha value is -3.03. The zero-order valence-electron chi connectivity index (χ0n) is 11.7. The second-order valence-corrected chi connectivity index (χ2v) is 4.30. The number of hydrazone groups is 1. The van der Waals surface area contributed by atoms with Gasteiger partial charge in [0.2, 0.25) is 0 Å². The van der Waals surface area contributed by atoms with Crippen LogP contribution in [0.25, 0.3) is 0 Å². The molecule has 2 rings (SSSR count). The molecule has 0 aliphatic carbocycles. The van der Waals surface area contributed by atoms with E-state index in [0.29, 0.717) is 11.4 Å². The molecule has 1 amide bonds. The molecular formula is C15H12F3N3O2. The summed E-state index contributed by atoms with van der Waals surface area (Å²) in [7, 11) is 0. The van der Waals surface area contributed by atoms with Gasteiger partial charge in [0.15, 0.2) is 0 Å². The molecule has 0 fully saturated rings. The zero-order valence-corrected chi connectivity index (χ0v) is 11.7. The van der Waals surface area contributed by atoms with Gasteiger partial charge in [0.05, 0.1) is 5.69 Å². The number of rotatable bonds is 5. The second-order valence-electron chi connectivity index (χ2n) is 4.30. The number of hydrogen-bond acceptors (Lipinski definition) is 4. The standard InChI is InChI=1S/C15H12F3N3O2/c16-15(17,18)23-13-8-6-11(7-9-13)20-14(22)10-19-21-12-4-2-1-3-5-12/h1-10,21H,(H,20,22)/b19-10+. The first-order valence-corrected chi connectivity index (χ1v) is 6.43. The molecule has 0 saturated carbocycles. The van der Waals surface area contributed by atoms with E-state index < -0.39 is 12.3 Å². The van der Waals surface area contributed by atoms with E-state index in [9.17, 15) is 18.0 Å². The van der Waals surface area contributed by atoms with Crippen LogP contribution in [0.2, 0.25) is 0 Å². The van der Waals surface area contributed by atoms with Crippen molar-refractivity contribution in [3.05, 3.63) is 54.6 Å². The minimum atomic E-state index is -4.75. The normalized spacial score (nSPS) is 11.3. The van der Waals surface area contributed by atoms with Gasteiger partial charge in [0.1, 0.15) is 12.0 Å². The summed E-state index contributed by atoms with van der Waals surface area (Å²) in [6.07, 6.45) is -3.73. The fourth-order valence-electron chi connectivity index (χ4n) is 1.59. The molecular weight excluding hydrogens is 311 g/mol. The lowest BCUT2D eigenvalue weighted by Crippen LogP contribution is -2.17. The van der Waals surface area contributed by atoms with Gasteiger partial charge < -0.3 is 10.1 Å². The van der Waals surface area contributed by atoms with Gasteiger partial charge in [0.25, 0.3) is 5.91 Å². The molecule has 23 heavy (non-hydrogen) atoms. The number of amides is 1. The quantitative estimate of drug-likeness (QED) is 0.652. The van der Waals surface area contributed by atoms with Crippen LogP contribution in [0.3, 0.4) is 0 Å². The number of nitrogens with one attached hydrogen (secondary N) is 2. The molecule has 0 heterocycles. The maximum Gasteiger partial charge on any atom is 0.573 e.